The molecular formula is C23H37NO2. The minimum atomic E-state index is -0.0364. The average molecular weight is 360 g/mol. The number of unbranched alkanes of at least 4 members (excludes halogenated alkanes) is 2. The molecule has 3 aliphatic carbocycles. The second-order valence-corrected chi connectivity index (χ2v) is 9.30. The smallest absolute Gasteiger partial charge is 0.305 e. The summed E-state index contributed by atoms with van der Waals surface area (Å²) in [5, 5.41) is 9.91. The van der Waals surface area contributed by atoms with E-state index in [0.29, 0.717) is 6.42 Å². The van der Waals surface area contributed by atoms with Crippen LogP contribution < -0.4 is 0 Å². The van der Waals surface area contributed by atoms with Crippen LogP contribution in [0.3, 0.4) is 0 Å². The van der Waals surface area contributed by atoms with Crippen LogP contribution in [0.4, 0.5) is 0 Å². The van der Waals surface area contributed by atoms with Crippen molar-refractivity contribution in [1.29, 1.82) is 5.26 Å². The first kappa shape index (κ1) is 19.7. The van der Waals surface area contributed by atoms with Gasteiger partial charge in [0, 0.05) is 6.42 Å². The van der Waals surface area contributed by atoms with Crippen LogP contribution in [-0.2, 0) is 9.53 Å². The van der Waals surface area contributed by atoms with Gasteiger partial charge in [0.15, 0.2) is 0 Å². The second kappa shape index (κ2) is 8.77. The molecule has 0 aromatic rings. The highest BCUT2D eigenvalue weighted by atomic mass is 16.5. The van der Waals surface area contributed by atoms with Crippen molar-refractivity contribution in [2.45, 2.75) is 103 Å². The summed E-state index contributed by atoms with van der Waals surface area (Å²) in [6.07, 6.45) is 14.9. The van der Waals surface area contributed by atoms with Gasteiger partial charge in [0.2, 0.25) is 0 Å². The number of ether oxygens (including phenoxy) is 1. The number of hydrogen-bond acceptors (Lipinski definition) is 3. The lowest BCUT2D eigenvalue weighted by Gasteiger charge is -2.52. The van der Waals surface area contributed by atoms with Crippen LogP contribution in [0.15, 0.2) is 0 Å². The topological polar surface area (TPSA) is 50.1 Å². The Bertz CT molecular complexity index is 525. The average Bonchev–Trinajstić information content (AvgIpc) is 2.67. The molecular weight excluding hydrogens is 322 g/mol. The third-order valence-corrected chi connectivity index (χ3v) is 7.75. The molecule has 0 radical (unpaired) electrons. The number of nitrogens with zero attached hydrogens (tertiary/aromatic N) is 1. The number of nitriles is 1. The largest absolute Gasteiger partial charge is 0.462 e. The van der Waals surface area contributed by atoms with E-state index in [1.165, 1.54) is 44.9 Å². The van der Waals surface area contributed by atoms with Crippen LogP contribution in [0, 0.1) is 40.4 Å². The second-order valence-electron chi connectivity index (χ2n) is 9.30. The lowest BCUT2D eigenvalue weighted by Crippen LogP contribution is -2.45. The SMILES string of the molecule is CCCCCC1(C#N)CCC2C(CCC3CC(OC(=O)CC)CCC32)C1. The first-order chi connectivity index (χ1) is 12.6. The molecule has 3 fully saturated rings. The molecule has 0 N–H and O–H groups in total. The molecule has 0 aliphatic heterocycles. The predicted octanol–water partition coefficient (Wildman–Crippen LogP) is 6.02. The minimum absolute atomic E-state index is 0.0307. The summed E-state index contributed by atoms with van der Waals surface area (Å²) >= 11 is 0. The van der Waals surface area contributed by atoms with E-state index >= 15 is 0 Å². The van der Waals surface area contributed by atoms with E-state index in [0.717, 1.165) is 55.8 Å². The number of carbonyl (C=O) groups is 1. The monoisotopic (exact) mass is 359 g/mol. The van der Waals surface area contributed by atoms with Crippen molar-refractivity contribution in [3.8, 4) is 6.07 Å². The molecule has 3 heteroatoms. The van der Waals surface area contributed by atoms with Gasteiger partial charge in [0.25, 0.3) is 0 Å². The first-order valence-electron chi connectivity index (χ1n) is 11.2. The molecule has 3 nitrogen and oxygen atoms in total. The Hall–Kier alpha value is -1.04. The van der Waals surface area contributed by atoms with Crippen molar-refractivity contribution in [2.75, 3.05) is 0 Å². The van der Waals surface area contributed by atoms with E-state index in [1.54, 1.807) is 0 Å². The molecule has 0 aromatic heterocycles. The van der Waals surface area contributed by atoms with E-state index in [4.69, 9.17) is 4.74 Å². The van der Waals surface area contributed by atoms with Gasteiger partial charge in [-0.1, -0.05) is 33.1 Å². The minimum Gasteiger partial charge on any atom is -0.462 e. The van der Waals surface area contributed by atoms with Gasteiger partial charge < -0.3 is 4.74 Å². The molecule has 0 saturated heterocycles. The van der Waals surface area contributed by atoms with Crippen molar-refractivity contribution >= 4 is 5.97 Å². The zero-order chi connectivity index (χ0) is 18.6. The molecule has 3 rings (SSSR count). The standard InChI is InChI=1S/C23H37NO2/c1-3-5-6-12-23(16-24)13-11-21-18(15-23)8-7-17-14-19(9-10-20(17)21)26-22(25)4-2/h17-21H,3-15H2,1-2H3. The van der Waals surface area contributed by atoms with Crippen molar-refractivity contribution < 1.29 is 9.53 Å². The fraction of sp³-hybridized carbons (Fsp3) is 0.913. The van der Waals surface area contributed by atoms with E-state index < -0.39 is 0 Å². The third kappa shape index (κ3) is 4.26. The van der Waals surface area contributed by atoms with Gasteiger partial charge in [-0.05, 0) is 81.5 Å². The summed E-state index contributed by atoms with van der Waals surface area (Å²) in [6, 6.07) is 2.76. The van der Waals surface area contributed by atoms with Crippen LogP contribution >= 0.6 is 0 Å². The van der Waals surface area contributed by atoms with Gasteiger partial charge in [-0.2, -0.15) is 5.26 Å². The fourth-order valence-electron chi connectivity index (χ4n) is 6.36. The summed E-state index contributed by atoms with van der Waals surface area (Å²) in [7, 11) is 0. The van der Waals surface area contributed by atoms with Crippen molar-refractivity contribution in [2.24, 2.45) is 29.1 Å². The number of fused-ring (bicyclic) bond motifs is 3. The van der Waals surface area contributed by atoms with Crippen molar-refractivity contribution in [3.05, 3.63) is 0 Å². The summed E-state index contributed by atoms with van der Waals surface area (Å²) in [6.45, 7) is 4.12. The quantitative estimate of drug-likeness (QED) is 0.430. The molecule has 26 heavy (non-hydrogen) atoms. The Labute approximate surface area is 159 Å². The highest BCUT2D eigenvalue weighted by Gasteiger charge is 2.48. The molecule has 146 valence electrons. The maximum Gasteiger partial charge on any atom is 0.305 e. The molecule has 6 atom stereocenters. The molecule has 3 aliphatic rings. The summed E-state index contributed by atoms with van der Waals surface area (Å²) in [5.74, 6) is 3.11. The van der Waals surface area contributed by atoms with E-state index in [9.17, 15) is 10.1 Å². The van der Waals surface area contributed by atoms with E-state index in [2.05, 4.69) is 13.0 Å². The van der Waals surface area contributed by atoms with Gasteiger partial charge in [-0.25, -0.2) is 0 Å². The van der Waals surface area contributed by atoms with Gasteiger partial charge in [0.1, 0.15) is 6.10 Å². The van der Waals surface area contributed by atoms with Crippen LogP contribution in [0.5, 0.6) is 0 Å². The zero-order valence-electron chi connectivity index (χ0n) is 16.8. The predicted molar refractivity (Wildman–Crippen MR) is 103 cm³/mol. The molecule has 0 bridgehead atoms. The van der Waals surface area contributed by atoms with Gasteiger partial charge in [-0.15, -0.1) is 0 Å². The highest BCUT2D eigenvalue weighted by molar-refractivity contribution is 5.69. The molecule has 0 heterocycles. The lowest BCUT2D eigenvalue weighted by atomic mass is 9.53. The third-order valence-electron chi connectivity index (χ3n) is 7.75. The highest BCUT2D eigenvalue weighted by Crippen LogP contribution is 2.56. The Balaban J connectivity index is 1.57. The number of rotatable bonds is 6. The Morgan fingerprint density at radius 2 is 1.85 bits per heavy atom. The lowest BCUT2D eigenvalue weighted by molar-refractivity contribution is -0.153. The number of carbonyl (C=O) groups excluding carboxylic acids is 1. The molecule has 0 spiro atoms. The first-order valence-corrected chi connectivity index (χ1v) is 11.2. The molecule has 6 unspecified atom stereocenters. The van der Waals surface area contributed by atoms with Crippen molar-refractivity contribution in [1.82, 2.24) is 0 Å². The van der Waals surface area contributed by atoms with E-state index in [-0.39, 0.29) is 17.5 Å². The van der Waals surface area contributed by atoms with E-state index in [1.807, 2.05) is 6.92 Å². The molecule has 0 aromatic carbocycles. The van der Waals surface area contributed by atoms with Gasteiger partial charge >= 0.3 is 5.97 Å². The fourth-order valence-corrected chi connectivity index (χ4v) is 6.36. The Morgan fingerprint density at radius 1 is 1.08 bits per heavy atom. The van der Waals surface area contributed by atoms with Crippen LogP contribution in [0.1, 0.15) is 97.3 Å². The van der Waals surface area contributed by atoms with Crippen molar-refractivity contribution in [3.63, 3.8) is 0 Å². The summed E-state index contributed by atoms with van der Waals surface area (Å²) in [5.41, 5.74) is -0.0307. The number of esters is 1. The van der Waals surface area contributed by atoms with Crippen LogP contribution in [-0.4, -0.2) is 12.1 Å². The maximum absolute atomic E-state index is 11.6. The molecule has 0 amide bonds. The van der Waals surface area contributed by atoms with Gasteiger partial charge in [0.05, 0.1) is 11.5 Å². The van der Waals surface area contributed by atoms with Crippen LogP contribution in [0.25, 0.3) is 0 Å². The zero-order valence-corrected chi connectivity index (χ0v) is 16.8. The molecule has 3 saturated carbocycles. The summed E-state index contributed by atoms with van der Waals surface area (Å²) < 4.78 is 5.65. The maximum atomic E-state index is 11.6. The van der Waals surface area contributed by atoms with Crippen LogP contribution in [0.2, 0.25) is 0 Å². The summed E-state index contributed by atoms with van der Waals surface area (Å²) in [4.78, 5) is 11.6. The normalized spacial score (nSPS) is 39.3. The Morgan fingerprint density at radius 3 is 2.58 bits per heavy atom. The number of hydrogen-bond donors (Lipinski definition) is 0. The Kier molecular flexibility index (Phi) is 6.65. The van der Waals surface area contributed by atoms with Gasteiger partial charge in [-0.3, -0.25) is 4.79 Å².